The minimum Gasteiger partial charge on any atom is -0.349 e. The monoisotopic (exact) mass is 362 g/mol. The average molecular weight is 362 g/mol. The van der Waals surface area contributed by atoms with Gasteiger partial charge in [-0.15, -0.1) is 0 Å². The Labute approximate surface area is 157 Å². The quantitative estimate of drug-likeness (QED) is 0.665. The van der Waals surface area contributed by atoms with Gasteiger partial charge in [0.05, 0.1) is 17.9 Å². The molecule has 4 bridgehead atoms. The van der Waals surface area contributed by atoms with Crippen molar-refractivity contribution in [1.29, 1.82) is 0 Å². The standard InChI is InChI=1S/C20H22N6O/c1-13-7-8-14-4-2-5-16(23-14)17-6-3-10-25(17)18-9-11-26-19(24-18)15(12-21-26)20(27)22-13/h2,4-5,9,11-13,17H,3,6-8,10H2,1H3,(H,22,27)/t13-,17-/m1/s1. The van der Waals surface area contributed by atoms with Crippen LogP contribution in [0.25, 0.3) is 5.65 Å². The van der Waals surface area contributed by atoms with Gasteiger partial charge in [0.15, 0.2) is 5.65 Å². The summed E-state index contributed by atoms with van der Waals surface area (Å²) in [5.74, 6) is 0.746. The van der Waals surface area contributed by atoms with E-state index in [4.69, 9.17) is 9.97 Å². The molecule has 1 N–H and O–H groups in total. The van der Waals surface area contributed by atoms with Crippen LogP contribution in [0.15, 0.2) is 36.7 Å². The Kier molecular flexibility index (Phi) is 3.81. The number of nitrogens with one attached hydrogen (secondary N) is 1. The summed E-state index contributed by atoms with van der Waals surface area (Å²) in [6.45, 7) is 2.96. The summed E-state index contributed by atoms with van der Waals surface area (Å²) in [6.07, 6.45) is 7.33. The fourth-order valence-corrected chi connectivity index (χ4v) is 4.09. The van der Waals surface area contributed by atoms with E-state index in [9.17, 15) is 4.79 Å². The summed E-state index contributed by atoms with van der Waals surface area (Å²) in [4.78, 5) is 24.8. The second-order valence-electron chi connectivity index (χ2n) is 7.43. The molecule has 0 aliphatic carbocycles. The molecule has 0 spiro atoms. The second kappa shape index (κ2) is 6.33. The largest absolute Gasteiger partial charge is 0.349 e. The predicted octanol–water partition coefficient (Wildman–Crippen LogP) is 2.53. The maximum absolute atomic E-state index is 12.7. The minimum absolute atomic E-state index is 0.0482. The third-order valence-electron chi connectivity index (χ3n) is 5.53. The van der Waals surface area contributed by atoms with E-state index in [-0.39, 0.29) is 18.0 Å². The lowest BCUT2D eigenvalue weighted by molar-refractivity contribution is 0.0940. The van der Waals surface area contributed by atoms with E-state index in [1.807, 2.05) is 19.2 Å². The highest BCUT2D eigenvalue weighted by Gasteiger charge is 2.29. The number of pyridine rings is 1. The van der Waals surface area contributed by atoms with E-state index in [1.165, 1.54) is 0 Å². The van der Waals surface area contributed by atoms with E-state index in [0.717, 1.165) is 49.4 Å². The number of hydrogen-bond acceptors (Lipinski definition) is 5. The highest BCUT2D eigenvalue weighted by atomic mass is 16.1. The van der Waals surface area contributed by atoms with Crippen LogP contribution < -0.4 is 10.2 Å². The molecule has 5 heterocycles. The van der Waals surface area contributed by atoms with Crippen LogP contribution in [-0.4, -0.2) is 38.1 Å². The zero-order chi connectivity index (χ0) is 18.4. The average Bonchev–Trinajstić information content (AvgIpc) is 3.32. The van der Waals surface area contributed by atoms with E-state index < -0.39 is 0 Å². The first kappa shape index (κ1) is 16.2. The van der Waals surface area contributed by atoms with Gasteiger partial charge in [0.1, 0.15) is 11.4 Å². The van der Waals surface area contributed by atoms with Crippen molar-refractivity contribution >= 4 is 17.4 Å². The van der Waals surface area contributed by atoms with Crippen molar-refractivity contribution in [3.63, 3.8) is 0 Å². The maximum Gasteiger partial charge on any atom is 0.256 e. The fourth-order valence-electron chi connectivity index (χ4n) is 4.09. The third-order valence-corrected chi connectivity index (χ3v) is 5.53. The van der Waals surface area contributed by atoms with Crippen molar-refractivity contribution in [2.75, 3.05) is 11.4 Å². The van der Waals surface area contributed by atoms with Gasteiger partial charge < -0.3 is 10.2 Å². The van der Waals surface area contributed by atoms with Crippen molar-refractivity contribution in [3.05, 3.63) is 53.6 Å². The van der Waals surface area contributed by atoms with Gasteiger partial charge in [-0.25, -0.2) is 9.50 Å². The van der Waals surface area contributed by atoms with Gasteiger partial charge >= 0.3 is 0 Å². The van der Waals surface area contributed by atoms with Crippen molar-refractivity contribution < 1.29 is 4.79 Å². The Hall–Kier alpha value is -2.96. The van der Waals surface area contributed by atoms with Crippen LogP contribution in [0, 0.1) is 0 Å². The summed E-state index contributed by atoms with van der Waals surface area (Å²) in [6, 6.07) is 8.52. The molecule has 2 aliphatic rings. The third kappa shape index (κ3) is 2.83. The smallest absolute Gasteiger partial charge is 0.256 e. The Morgan fingerprint density at radius 2 is 2.11 bits per heavy atom. The summed E-state index contributed by atoms with van der Waals surface area (Å²) in [7, 11) is 0. The van der Waals surface area contributed by atoms with Crippen LogP contribution >= 0.6 is 0 Å². The highest BCUT2D eigenvalue weighted by molar-refractivity contribution is 5.99. The number of fused-ring (bicyclic) bond motifs is 6. The highest BCUT2D eigenvalue weighted by Crippen LogP contribution is 2.34. The lowest BCUT2D eigenvalue weighted by atomic mass is 10.1. The van der Waals surface area contributed by atoms with Gasteiger partial charge in [-0.05, 0) is 50.8 Å². The van der Waals surface area contributed by atoms with Crippen molar-refractivity contribution in [3.8, 4) is 0 Å². The Morgan fingerprint density at radius 1 is 1.19 bits per heavy atom. The van der Waals surface area contributed by atoms with E-state index in [2.05, 4.69) is 33.5 Å². The number of hydrogen-bond donors (Lipinski definition) is 1. The molecule has 1 amide bonds. The van der Waals surface area contributed by atoms with Crippen molar-refractivity contribution in [2.45, 2.75) is 44.7 Å². The topological polar surface area (TPSA) is 75.4 Å². The molecule has 0 radical (unpaired) electrons. The molecule has 7 heteroatoms. The maximum atomic E-state index is 12.7. The number of anilines is 1. The Balaban J connectivity index is 1.66. The van der Waals surface area contributed by atoms with E-state index in [0.29, 0.717) is 11.2 Å². The van der Waals surface area contributed by atoms with Gasteiger partial charge in [0.25, 0.3) is 5.91 Å². The van der Waals surface area contributed by atoms with Crippen LogP contribution in [0.1, 0.15) is 54.0 Å². The van der Waals surface area contributed by atoms with Gasteiger partial charge in [0.2, 0.25) is 0 Å². The molecule has 1 saturated heterocycles. The molecule has 27 heavy (non-hydrogen) atoms. The minimum atomic E-state index is -0.126. The summed E-state index contributed by atoms with van der Waals surface area (Å²) in [5.41, 5.74) is 3.30. The molecule has 3 aromatic heterocycles. The molecule has 5 rings (SSSR count). The molecule has 138 valence electrons. The molecule has 0 aromatic carbocycles. The number of rotatable bonds is 0. The molecule has 3 aromatic rings. The number of nitrogens with zero attached hydrogens (tertiary/aromatic N) is 5. The van der Waals surface area contributed by atoms with Gasteiger partial charge in [-0.3, -0.25) is 9.78 Å². The molecule has 7 nitrogen and oxygen atoms in total. The number of aryl methyl sites for hydroxylation is 1. The first-order chi connectivity index (χ1) is 13.2. The Morgan fingerprint density at radius 3 is 3.04 bits per heavy atom. The second-order valence-corrected chi connectivity index (χ2v) is 7.43. The summed E-state index contributed by atoms with van der Waals surface area (Å²) < 4.78 is 1.67. The molecule has 0 saturated carbocycles. The predicted molar refractivity (Wildman–Crippen MR) is 102 cm³/mol. The first-order valence-corrected chi connectivity index (χ1v) is 9.57. The molecule has 1 fully saturated rings. The summed E-state index contributed by atoms with van der Waals surface area (Å²) >= 11 is 0. The first-order valence-electron chi connectivity index (χ1n) is 9.57. The normalized spacial score (nSPS) is 22.6. The zero-order valence-corrected chi connectivity index (χ0v) is 15.3. The zero-order valence-electron chi connectivity index (χ0n) is 15.3. The molecular weight excluding hydrogens is 340 g/mol. The van der Waals surface area contributed by atoms with Crippen LogP contribution in [0.5, 0.6) is 0 Å². The van der Waals surface area contributed by atoms with Gasteiger partial charge in [-0.1, -0.05) is 6.07 Å². The number of carbonyl (C=O) groups is 1. The van der Waals surface area contributed by atoms with Gasteiger partial charge in [0, 0.05) is 24.5 Å². The van der Waals surface area contributed by atoms with Crippen LogP contribution in [0.4, 0.5) is 5.82 Å². The molecule has 2 atom stereocenters. The van der Waals surface area contributed by atoms with Crippen LogP contribution in [0.2, 0.25) is 0 Å². The van der Waals surface area contributed by atoms with Crippen molar-refractivity contribution in [2.24, 2.45) is 0 Å². The lowest BCUT2D eigenvalue weighted by Crippen LogP contribution is -2.33. The number of amides is 1. The molecule has 2 aliphatic heterocycles. The van der Waals surface area contributed by atoms with Crippen LogP contribution in [0.3, 0.4) is 0 Å². The van der Waals surface area contributed by atoms with E-state index in [1.54, 1.807) is 10.7 Å². The number of carbonyl (C=O) groups excluding carboxylic acids is 1. The van der Waals surface area contributed by atoms with Gasteiger partial charge in [-0.2, -0.15) is 5.10 Å². The van der Waals surface area contributed by atoms with Crippen LogP contribution in [-0.2, 0) is 6.42 Å². The lowest BCUT2D eigenvalue weighted by Gasteiger charge is -2.26. The summed E-state index contributed by atoms with van der Waals surface area (Å²) in [5, 5.41) is 7.37. The molecule has 0 unspecified atom stereocenters. The fraction of sp³-hybridized carbons (Fsp3) is 0.400. The number of aromatic nitrogens is 4. The Bertz CT molecular complexity index is 1010. The SMILES string of the molecule is C[C@@H]1CCc2cccc(n2)[C@H]2CCCN2c2ccn3ncc(c3n2)C(=O)N1. The molecular formula is C20H22N6O. The van der Waals surface area contributed by atoms with E-state index >= 15 is 0 Å². The van der Waals surface area contributed by atoms with Crippen molar-refractivity contribution in [1.82, 2.24) is 24.9 Å².